The van der Waals surface area contributed by atoms with Crippen molar-refractivity contribution >= 4 is 5.57 Å². The number of hydrogen-bond acceptors (Lipinski definition) is 1. The van der Waals surface area contributed by atoms with Crippen LogP contribution in [0.1, 0.15) is 19.0 Å². The summed E-state index contributed by atoms with van der Waals surface area (Å²) >= 11 is 0. The highest BCUT2D eigenvalue weighted by molar-refractivity contribution is 5.72. The Hall–Kier alpha value is -1.51. The van der Waals surface area contributed by atoms with Crippen molar-refractivity contribution in [2.75, 3.05) is 0 Å². The molecule has 78 valence electrons. The van der Waals surface area contributed by atoms with Crippen LogP contribution < -0.4 is 0 Å². The number of alkyl halides is 1. The van der Waals surface area contributed by atoms with Gasteiger partial charge in [-0.3, -0.25) is 4.98 Å². The lowest BCUT2D eigenvalue weighted by Crippen LogP contribution is -2.23. The lowest BCUT2D eigenvalue weighted by atomic mass is 9.87. The Morgan fingerprint density at radius 1 is 1.33 bits per heavy atom. The van der Waals surface area contributed by atoms with E-state index in [1.165, 1.54) is 19.1 Å². The fourth-order valence-corrected chi connectivity index (χ4v) is 1.69. The maximum atomic E-state index is 14.1. The highest BCUT2D eigenvalue weighted by Crippen LogP contribution is 2.38. The van der Waals surface area contributed by atoms with Crippen LogP contribution in [0.4, 0.5) is 8.78 Å². The molecule has 0 fully saturated rings. The van der Waals surface area contributed by atoms with Crippen LogP contribution in [0.5, 0.6) is 0 Å². The highest BCUT2D eigenvalue weighted by atomic mass is 19.1. The smallest absolute Gasteiger partial charge is 0.141 e. The standard InChI is InChI=1S/C12H11F2N/c1-12(14)8-9(13)5-6-10(12)11-4-2-3-7-15-11/h2-7H,8H2,1H3. The van der Waals surface area contributed by atoms with E-state index in [9.17, 15) is 8.78 Å². The Morgan fingerprint density at radius 2 is 2.13 bits per heavy atom. The summed E-state index contributed by atoms with van der Waals surface area (Å²) < 4.78 is 27.0. The number of rotatable bonds is 1. The zero-order valence-electron chi connectivity index (χ0n) is 8.37. The Morgan fingerprint density at radius 3 is 2.73 bits per heavy atom. The van der Waals surface area contributed by atoms with Gasteiger partial charge in [-0.1, -0.05) is 12.1 Å². The van der Waals surface area contributed by atoms with Crippen molar-refractivity contribution in [3.05, 3.63) is 48.1 Å². The molecule has 0 saturated carbocycles. The molecule has 0 radical (unpaired) electrons. The average molecular weight is 207 g/mol. The van der Waals surface area contributed by atoms with Crippen molar-refractivity contribution in [3.63, 3.8) is 0 Å². The van der Waals surface area contributed by atoms with Crippen molar-refractivity contribution in [1.82, 2.24) is 4.98 Å². The summed E-state index contributed by atoms with van der Waals surface area (Å²) in [5.74, 6) is -0.431. The fourth-order valence-electron chi connectivity index (χ4n) is 1.69. The van der Waals surface area contributed by atoms with Gasteiger partial charge < -0.3 is 0 Å². The van der Waals surface area contributed by atoms with E-state index in [1.807, 2.05) is 0 Å². The lowest BCUT2D eigenvalue weighted by Gasteiger charge is -2.25. The van der Waals surface area contributed by atoms with Crippen molar-refractivity contribution in [3.8, 4) is 0 Å². The van der Waals surface area contributed by atoms with E-state index < -0.39 is 11.5 Å². The molecule has 0 aromatic carbocycles. The molecule has 1 nitrogen and oxygen atoms in total. The second kappa shape index (κ2) is 3.57. The van der Waals surface area contributed by atoms with E-state index in [-0.39, 0.29) is 6.42 Å². The van der Waals surface area contributed by atoms with Gasteiger partial charge in [0.2, 0.25) is 0 Å². The number of aromatic nitrogens is 1. The minimum Gasteiger partial charge on any atom is -0.256 e. The molecular formula is C12H11F2N. The molecule has 3 heteroatoms. The topological polar surface area (TPSA) is 12.9 Å². The van der Waals surface area contributed by atoms with Gasteiger partial charge in [0.25, 0.3) is 0 Å². The number of hydrogen-bond donors (Lipinski definition) is 0. The summed E-state index contributed by atoms with van der Waals surface area (Å²) in [6.45, 7) is 1.38. The Labute approximate surface area is 87.2 Å². The molecule has 1 atom stereocenters. The normalized spacial score (nSPS) is 25.8. The largest absolute Gasteiger partial charge is 0.256 e. The quantitative estimate of drug-likeness (QED) is 0.687. The number of allylic oxidation sites excluding steroid dienone is 4. The van der Waals surface area contributed by atoms with Crippen molar-refractivity contribution in [2.24, 2.45) is 0 Å². The second-order valence-electron chi connectivity index (χ2n) is 3.78. The van der Waals surface area contributed by atoms with Crippen LogP contribution in [0.25, 0.3) is 5.57 Å². The van der Waals surface area contributed by atoms with Crippen molar-refractivity contribution in [2.45, 2.75) is 19.0 Å². The van der Waals surface area contributed by atoms with E-state index >= 15 is 0 Å². The molecular weight excluding hydrogens is 196 g/mol. The van der Waals surface area contributed by atoms with Crippen LogP contribution in [0.15, 0.2) is 42.4 Å². The molecule has 1 heterocycles. The van der Waals surface area contributed by atoms with Crippen LogP contribution in [-0.4, -0.2) is 10.7 Å². The molecule has 1 aromatic rings. The van der Waals surface area contributed by atoms with Gasteiger partial charge in [0.05, 0.1) is 5.69 Å². The monoisotopic (exact) mass is 207 g/mol. The van der Waals surface area contributed by atoms with Gasteiger partial charge in [-0.15, -0.1) is 0 Å². The van der Waals surface area contributed by atoms with E-state index in [1.54, 1.807) is 24.4 Å². The summed E-state index contributed by atoms with van der Waals surface area (Å²) in [5, 5.41) is 0. The van der Waals surface area contributed by atoms with Crippen LogP contribution in [-0.2, 0) is 0 Å². The lowest BCUT2D eigenvalue weighted by molar-refractivity contribution is 0.252. The Balaban J connectivity index is 2.45. The van der Waals surface area contributed by atoms with Crippen LogP contribution in [0.3, 0.4) is 0 Å². The summed E-state index contributed by atoms with van der Waals surface area (Å²) in [4.78, 5) is 4.06. The van der Waals surface area contributed by atoms with Crippen molar-refractivity contribution < 1.29 is 8.78 Å². The molecule has 1 aliphatic carbocycles. The predicted octanol–water partition coefficient (Wildman–Crippen LogP) is 3.45. The SMILES string of the molecule is CC1(F)CC(F)=CC=C1c1ccccn1. The molecule has 0 bridgehead atoms. The third-order valence-electron chi connectivity index (χ3n) is 2.43. The predicted molar refractivity (Wildman–Crippen MR) is 55.5 cm³/mol. The van der Waals surface area contributed by atoms with Gasteiger partial charge >= 0.3 is 0 Å². The Kier molecular flexibility index (Phi) is 2.39. The van der Waals surface area contributed by atoms with Gasteiger partial charge in [0, 0.05) is 18.2 Å². The van der Waals surface area contributed by atoms with Gasteiger partial charge in [0.1, 0.15) is 11.5 Å². The zero-order valence-corrected chi connectivity index (χ0v) is 8.37. The molecule has 1 aliphatic rings. The first-order valence-electron chi connectivity index (χ1n) is 4.77. The van der Waals surface area contributed by atoms with Gasteiger partial charge in [-0.05, 0) is 25.1 Å². The van der Waals surface area contributed by atoms with Crippen LogP contribution in [0, 0.1) is 0 Å². The summed E-state index contributed by atoms with van der Waals surface area (Å²) in [6.07, 6.45) is 4.14. The molecule has 2 rings (SSSR count). The first-order valence-corrected chi connectivity index (χ1v) is 4.77. The maximum absolute atomic E-state index is 14.1. The molecule has 0 amide bonds. The van der Waals surface area contributed by atoms with Gasteiger partial charge in [-0.25, -0.2) is 8.78 Å². The summed E-state index contributed by atoms with van der Waals surface area (Å²) in [6, 6.07) is 5.27. The summed E-state index contributed by atoms with van der Waals surface area (Å²) in [5.41, 5.74) is -0.677. The molecule has 0 aliphatic heterocycles. The molecule has 1 unspecified atom stereocenters. The zero-order chi connectivity index (χ0) is 10.9. The third kappa shape index (κ3) is 1.96. The Bertz CT molecular complexity index is 419. The van der Waals surface area contributed by atoms with Gasteiger partial charge in [-0.2, -0.15) is 0 Å². The average Bonchev–Trinajstić information content (AvgIpc) is 2.17. The highest BCUT2D eigenvalue weighted by Gasteiger charge is 2.33. The first-order chi connectivity index (χ1) is 7.09. The number of pyridine rings is 1. The third-order valence-corrected chi connectivity index (χ3v) is 2.43. The fraction of sp³-hybridized carbons (Fsp3) is 0.250. The molecule has 0 spiro atoms. The number of halogens is 2. The minimum absolute atomic E-state index is 0.213. The maximum Gasteiger partial charge on any atom is 0.141 e. The minimum atomic E-state index is -1.67. The molecule has 0 saturated heterocycles. The number of nitrogens with zero attached hydrogens (tertiary/aromatic N) is 1. The van der Waals surface area contributed by atoms with E-state index in [2.05, 4.69) is 4.98 Å². The first kappa shape index (κ1) is 10.0. The van der Waals surface area contributed by atoms with Crippen LogP contribution >= 0.6 is 0 Å². The van der Waals surface area contributed by atoms with E-state index in [0.717, 1.165) is 0 Å². The second-order valence-corrected chi connectivity index (χ2v) is 3.78. The molecule has 0 N–H and O–H groups in total. The molecule has 15 heavy (non-hydrogen) atoms. The summed E-state index contributed by atoms with van der Waals surface area (Å²) in [7, 11) is 0. The van der Waals surface area contributed by atoms with E-state index in [0.29, 0.717) is 11.3 Å². The van der Waals surface area contributed by atoms with Crippen molar-refractivity contribution in [1.29, 1.82) is 0 Å². The van der Waals surface area contributed by atoms with E-state index in [4.69, 9.17) is 0 Å². The van der Waals surface area contributed by atoms with Gasteiger partial charge in [0.15, 0.2) is 0 Å². The van der Waals surface area contributed by atoms with Crippen LogP contribution in [0.2, 0.25) is 0 Å². The molecule has 1 aromatic heterocycles.